The van der Waals surface area contributed by atoms with Crippen molar-refractivity contribution >= 4 is 23.2 Å². The fraction of sp³-hybridized carbons (Fsp3) is 0.231. The van der Waals surface area contributed by atoms with Gasteiger partial charge in [-0.1, -0.05) is 18.2 Å². The van der Waals surface area contributed by atoms with Crippen molar-refractivity contribution in [1.82, 2.24) is 0 Å². The van der Waals surface area contributed by atoms with E-state index in [9.17, 15) is 5.11 Å². The Labute approximate surface area is 106 Å². The summed E-state index contributed by atoms with van der Waals surface area (Å²) in [6.45, 7) is 0.0207. The van der Waals surface area contributed by atoms with Crippen LogP contribution in [0.15, 0.2) is 30.3 Å². The van der Waals surface area contributed by atoms with E-state index in [2.05, 4.69) is 0 Å². The standard InChI is InChI=1S/C13H14O3.ClH/c1-15-12-6-9-4-3-5-10(8-14)11(9)7-13(12)16-2;/h3-7,14H,8H2,1-2H3;1H. The Hall–Kier alpha value is -1.45. The van der Waals surface area contributed by atoms with Gasteiger partial charge in [-0.25, -0.2) is 0 Å². The Kier molecular flexibility index (Phi) is 4.61. The molecular weight excluding hydrogens is 240 g/mol. The van der Waals surface area contributed by atoms with E-state index in [0.717, 1.165) is 16.3 Å². The van der Waals surface area contributed by atoms with Crippen molar-refractivity contribution < 1.29 is 14.6 Å². The van der Waals surface area contributed by atoms with E-state index in [1.165, 1.54) is 0 Å². The number of hydrogen-bond acceptors (Lipinski definition) is 3. The molecule has 92 valence electrons. The third-order valence-electron chi connectivity index (χ3n) is 2.65. The van der Waals surface area contributed by atoms with Crippen molar-refractivity contribution in [1.29, 1.82) is 0 Å². The van der Waals surface area contributed by atoms with Gasteiger partial charge in [0.15, 0.2) is 11.5 Å². The van der Waals surface area contributed by atoms with E-state index in [0.29, 0.717) is 11.5 Å². The fourth-order valence-electron chi connectivity index (χ4n) is 1.81. The van der Waals surface area contributed by atoms with Crippen LogP contribution in [0.2, 0.25) is 0 Å². The molecule has 1 N–H and O–H groups in total. The van der Waals surface area contributed by atoms with Gasteiger partial charge < -0.3 is 14.6 Å². The van der Waals surface area contributed by atoms with E-state index in [4.69, 9.17) is 9.47 Å². The third-order valence-corrected chi connectivity index (χ3v) is 2.65. The van der Waals surface area contributed by atoms with Crippen LogP contribution in [0.1, 0.15) is 5.56 Å². The van der Waals surface area contributed by atoms with Crippen molar-refractivity contribution in [3.63, 3.8) is 0 Å². The van der Waals surface area contributed by atoms with Gasteiger partial charge in [-0.05, 0) is 28.5 Å². The summed E-state index contributed by atoms with van der Waals surface area (Å²) in [5.74, 6) is 1.38. The van der Waals surface area contributed by atoms with Crippen LogP contribution in [0, 0.1) is 0 Å². The predicted molar refractivity (Wildman–Crippen MR) is 70.2 cm³/mol. The highest BCUT2D eigenvalue weighted by Crippen LogP contribution is 2.33. The lowest BCUT2D eigenvalue weighted by molar-refractivity contribution is 0.283. The maximum atomic E-state index is 9.25. The summed E-state index contributed by atoms with van der Waals surface area (Å²) in [4.78, 5) is 0. The topological polar surface area (TPSA) is 38.7 Å². The number of methoxy groups -OCH3 is 2. The Morgan fingerprint density at radius 2 is 1.71 bits per heavy atom. The highest BCUT2D eigenvalue weighted by molar-refractivity contribution is 5.88. The highest BCUT2D eigenvalue weighted by Gasteiger charge is 2.07. The molecule has 2 aromatic rings. The highest BCUT2D eigenvalue weighted by atomic mass is 35.5. The lowest BCUT2D eigenvalue weighted by atomic mass is 10.0. The number of fused-ring (bicyclic) bond motifs is 1. The molecule has 0 unspecified atom stereocenters. The molecule has 0 bridgehead atoms. The van der Waals surface area contributed by atoms with Gasteiger partial charge in [-0.3, -0.25) is 0 Å². The van der Waals surface area contributed by atoms with Crippen LogP contribution < -0.4 is 9.47 Å². The number of hydrogen-bond donors (Lipinski definition) is 1. The van der Waals surface area contributed by atoms with E-state index in [1.54, 1.807) is 14.2 Å². The molecule has 0 atom stereocenters. The van der Waals surface area contributed by atoms with Gasteiger partial charge in [0.05, 0.1) is 20.8 Å². The van der Waals surface area contributed by atoms with Gasteiger partial charge in [-0.15, -0.1) is 12.4 Å². The van der Waals surface area contributed by atoms with E-state index >= 15 is 0 Å². The zero-order valence-corrected chi connectivity index (χ0v) is 10.6. The first-order valence-corrected chi connectivity index (χ1v) is 5.04. The normalized spacial score (nSPS) is 9.82. The average Bonchev–Trinajstić information content (AvgIpc) is 2.36. The van der Waals surface area contributed by atoms with Crippen molar-refractivity contribution in [2.24, 2.45) is 0 Å². The molecule has 0 fully saturated rings. The molecule has 0 aliphatic carbocycles. The van der Waals surface area contributed by atoms with Gasteiger partial charge >= 0.3 is 0 Å². The Bertz CT molecular complexity index is 511. The molecule has 3 nitrogen and oxygen atoms in total. The summed E-state index contributed by atoms with van der Waals surface area (Å²) in [7, 11) is 3.21. The van der Waals surface area contributed by atoms with Crippen LogP contribution >= 0.6 is 12.4 Å². The van der Waals surface area contributed by atoms with Crippen LogP contribution in [0.25, 0.3) is 10.8 Å². The summed E-state index contributed by atoms with van der Waals surface area (Å²) in [5.41, 5.74) is 0.887. The minimum absolute atomic E-state index is 0. The smallest absolute Gasteiger partial charge is 0.161 e. The summed E-state index contributed by atoms with van der Waals surface area (Å²) in [5, 5.41) is 11.3. The minimum atomic E-state index is 0. The fourth-order valence-corrected chi connectivity index (χ4v) is 1.81. The summed E-state index contributed by atoms with van der Waals surface area (Å²) < 4.78 is 10.5. The second-order valence-electron chi connectivity index (χ2n) is 3.50. The van der Waals surface area contributed by atoms with Crippen molar-refractivity contribution in [2.75, 3.05) is 14.2 Å². The van der Waals surface area contributed by atoms with Crippen molar-refractivity contribution in [2.45, 2.75) is 6.61 Å². The van der Waals surface area contributed by atoms with E-state index in [1.807, 2.05) is 30.3 Å². The second-order valence-corrected chi connectivity index (χ2v) is 3.50. The van der Waals surface area contributed by atoms with Crippen LogP contribution in [-0.2, 0) is 6.61 Å². The number of ether oxygens (including phenoxy) is 2. The molecule has 0 aliphatic heterocycles. The lowest BCUT2D eigenvalue weighted by Crippen LogP contribution is -1.92. The molecule has 0 aliphatic rings. The van der Waals surface area contributed by atoms with E-state index in [-0.39, 0.29) is 19.0 Å². The molecule has 4 heteroatoms. The summed E-state index contributed by atoms with van der Waals surface area (Å²) >= 11 is 0. The van der Waals surface area contributed by atoms with Crippen LogP contribution in [0.3, 0.4) is 0 Å². The maximum absolute atomic E-state index is 9.25. The molecule has 0 amide bonds. The molecule has 17 heavy (non-hydrogen) atoms. The van der Waals surface area contributed by atoms with Gasteiger partial charge in [0.25, 0.3) is 0 Å². The van der Waals surface area contributed by atoms with Crippen molar-refractivity contribution in [3.05, 3.63) is 35.9 Å². The number of benzene rings is 2. The third kappa shape index (κ3) is 2.46. The number of halogens is 1. The first-order chi connectivity index (χ1) is 7.80. The average molecular weight is 255 g/mol. The molecule has 0 aromatic heterocycles. The van der Waals surface area contributed by atoms with Crippen LogP contribution in [-0.4, -0.2) is 19.3 Å². The molecule has 0 spiro atoms. The lowest BCUT2D eigenvalue weighted by Gasteiger charge is -2.10. The number of aliphatic hydroxyl groups excluding tert-OH is 1. The molecule has 2 aromatic carbocycles. The van der Waals surface area contributed by atoms with Gasteiger partial charge in [-0.2, -0.15) is 0 Å². The zero-order valence-electron chi connectivity index (χ0n) is 9.77. The molecule has 2 rings (SSSR count). The first-order valence-electron chi connectivity index (χ1n) is 5.04. The van der Waals surface area contributed by atoms with Crippen LogP contribution in [0.5, 0.6) is 11.5 Å². The van der Waals surface area contributed by atoms with E-state index < -0.39 is 0 Å². The molecule has 0 saturated carbocycles. The predicted octanol–water partition coefficient (Wildman–Crippen LogP) is 2.77. The monoisotopic (exact) mass is 254 g/mol. The maximum Gasteiger partial charge on any atom is 0.161 e. The summed E-state index contributed by atoms with van der Waals surface area (Å²) in [6.07, 6.45) is 0. The Morgan fingerprint density at radius 3 is 2.29 bits per heavy atom. The molecule has 0 saturated heterocycles. The van der Waals surface area contributed by atoms with Crippen LogP contribution in [0.4, 0.5) is 0 Å². The van der Waals surface area contributed by atoms with Gasteiger partial charge in [0, 0.05) is 0 Å². The number of aliphatic hydroxyl groups is 1. The first kappa shape index (κ1) is 13.6. The Balaban J connectivity index is 0.00000144. The number of rotatable bonds is 3. The molecule has 0 heterocycles. The SMILES string of the molecule is COc1cc2cccc(CO)c2cc1OC.Cl. The largest absolute Gasteiger partial charge is 0.493 e. The molecule has 0 radical (unpaired) electrons. The molecular formula is C13H15ClO3. The van der Waals surface area contributed by atoms with Gasteiger partial charge in [0.1, 0.15) is 0 Å². The minimum Gasteiger partial charge on any atom is -0.493 e. The second kappa shape index (κ2) is 5.75. The Morgan fingerprint density at radius 1 is 1.06 bits per heavy atom. The summed E-state index contributed by atoms with van der Waals surface area (Å²) in [6, 6.07) is 9.59. The van der Waals surface area contributed by atoms with Crippen molar-refractivity contribution in [3.8, 4) is 11.5 Å². The van der Waals surface area contributed by atoms with Gasteiger partial charge in [0.2, 0.25) is 0 Å². The quantitative estimate of drug-likeness (QED) is 0.915. The zero-order chi connectivity index (χ0) is 11.5.